The van der Waals surface area contributed by atoms with Crippen molar-refractivity contribution in [1.29, 1.82) is 0 Å². The maximum absolute atomic E-state index is 13.0. The summed E-state index contributed by atoms with van der Waals surface area (Å²) in [5, 5.41) is 7.04. The Balaban J connectivity index is 2.01. The summed E-state index contributed by atoms with van der Waals surface area (Å²) in [5.41, 5.74) is 1.95. The number of nitrogens with one attached hydrogen (secondary N) is 1. The van der Waals surface area contributed by atoms with Crippen LogP contribution in [0.1, 0.15) is 29.4 Å². The van der Waals surface area contributed by atoms with Gasteiger partial charge in [-0.05, 0) is 44.5 Å². The predicted octanol–water partition coefficient (Wildman–Crippen LogP) is 2.48. The molecule has 0 aliphatic carbocycles. The van der Waals surface area contributed by atoms with Gasteiger partial charge in [0.05, 0.1) is 23.1 Å². The lowest BCUT2D eigenvalue weighted by molar-refractivity contribution is 0.0943. The summed E-state index contributed by atoms with van der Waals surface area (Å²) in [5.74, 6) is -0.469. The smallest absolute Gasteiger partial charge is 0.254 e. The molecule has 0 fully saturated rings. The normalized spacial score (nSPS) is 10.7. The van der Waals surface area contributed by atoms with Crippen molar-refractivity contribution in [1.82, 2.24) is 15.1 Å². The van der Waals surface area contributed by atoms with Crippen LogP contribution in [-0.4, -0.2) is 35.4 Å². The molecule has 1 amide bonds. The molecule has 0 spiro atoms. The van der Waals surface area contributed by atoms with Crippen molar-refractivity contribution in [3.8, 4) is 5.69 Å². The lowest BCUT2D eigenvalue weighted by atomic mass is 10.2. The summed E-state index contributed by atoms with van der Waals surface area (Å²) in [6, 6.07) is 5.98. The zero-order valence-corrected chi connectivity index (χ0v) is 12.8. The number of nitrogens with zero attached hydrogens (tertiary/aromatic N) is 2. The Morgan fingerprint density at radius 1 is 1.36 bits per heavy atom. The summed E-state index contributed by atoms with van der Waals surface area (Å²) < 4.78 is 19.8. The number of hydrogen-bond donors (Lipinski definition) is 1. The Hall–Kier alpha value is -2.21. The minimum Gasteiger partial charge on any atom is -0.382 e. The van der Waals surface area contributed by atoms with Gasteiger partial charge in [-0.3, -0.25) is 4.79 Å². The van der Waals surface area contributed by atoms with Gasteiger partial charge in [0.2, 0.25) is 0 Å². The molecule has 0 atom stereocenters. The van der Waals surface area contributed by atoms with Crippen LogP contribution in [0.2, 0.25) is 0 Å². The molecule has 0 aliphatic heterocycles. The van der Waals surface area contributed by atoms with E-state index in [1.54, 1.807) is 16.8 Å². The van der Waals surface area contributed by atoms with Crippen molar-refractivity contribution < 1.29 is 13.9 Å². The molecule has 1 aromatic heterocycles. The van der Waals surface area contributed by atoms with Gasteiger partial charge in [-0.1, -0.05) is 0 Å². The topological polar surface area (TPSA) is 56.1 Å². The van der Waals surface area contributed by atoms with Crippen molar-refractivity contribution in [3.63, 3.8) is 0 Å². The highest BCUT2D eigenvalue weighted by Crippen LogP contribution is 2.14. The van der Waals surface area contributed by atoms with Crippen LogP contribution in [0, 0.1) is 12.7 Å². The molecule has 22 heavy (non-hydrogen) atoms. The van der Waals surface area contributed by atoms with Crippen LogP contribution in [0.4, 0.5) is 4.39 Å². The quantitative estimate of drug-likeness (QED) is 0.800. The molecule has 0 radical (unpaired) electrons. The lowest BCUT2D eigenvalue weighted by Gasteiger charge is -2.07. The highest BCUT2D eigenvalue weighted by atomic mass is 19.1. The fourth-order valence-corrected chi connectivity index (χ4v) is 2.09. The number of aromatic nitrogens is 2. The standard InChI is InChI=1S/C16H20FN3O2/c1-3-22-10-4-9-18-16(21)15-11-19-20(12(15)2)14-7-5-13(17)6-8-14/h5-8,11H,3-4,9-10H2,1-2H3,(H,18,21). The van der Waals surface area contributed by atoms with Crippen LogP contribution in [0.15, 0.2) is 30.5 Å². The van der Waals surface area contributed by atoms with Crippen molar-refractivity contribution in [3.05, 3.63) is 47.5 Å². The number of halogens is 1. The summed E-state index contributed by atoms with van der Waals surface area (Å²) in [4.78, 5) is 12.1. The molecule has 2 rings (SSSR count). The summed E-state index contributed by atoms with van der Waals surface area (Å²) >= 11 is 0. The molecule has 1 aromatic carbocycles. The van der Waals surface area contributed by atoms with Crippen molar-refractivity contribution in [2.24, 2.45) is 0 Å². The fourth-order valence-electron chi connectivity index (χ4n) is 2.09. The minimum atomic E-state index is -0.305. The van der Waals surface area contributed by atoms with Crippen LogP contribution in [0.3, 0.4) is 0 Å². The second kappa shape index (κ2) is 7.70. The van der Waals surface area contributed by atoms with Gasteiger partial charge in [0.15, 0.2) is 0 Å². The van der Waals surface area contributed by atoms with Gasteiger partial charge in [-0.2, -0.15) is 5.10 Å². The number of hydrogen-bond acceptors (Lipinski definition) is 3. The molecule has 0 bridgehead atoms. The molecule has 0 aliphatic rings. The average molecular weight is 305 g/mol. The maximum atomic E-state index is 13.0. The Bertz CT molecular complexity index is 623. The van der Waals surface area contributed by atoms with Crippen molar-refractivity contribution in [2.75, 3.05) is 19.8 Å². The third-order valence-corrected chi connectivity index (χ3v) is 3.28. The molecular weight excluding hydrogens is 285 g/mol. The highest BCUT2D eigenvalue weighted by Gasteiger charge is 2.14. The first-order chi connectivity index (χ1) is 10.6. The largest absolute Gasteiger partial charge is 0.382 e. The SMILES string of the molecule is CCOCCCNC(=O)c1cnn(-c2ccc(F)cc2)c1C. The summed E-state index contributed by atoms with van der Waals surface area (Å²) in [6.45, 7) is 5.61. The Morgan fingerprint density at radius 3 is 2.77 bits per heavy atom. The first-order valence-electron chi connectivity index (χ1n) is 7.30. The van der Waals surface area contributed by atoms with Gasteiger partial charge in [0.25, 0.3) is 5.91 Å². The Labute approximate surface area is 129 Å². The van der Waals surface area contributed by atoms with Crippen LogP contribution in [-0.2, 0) is 4.74 Å². The van der Waals surface area contributed by atoms with Gasteiger partial charge in [-0.25, -0.2) is 9.07 Å². The second-order valence-electron chi connectivity index (χ2n) is 4.84. The van der Waals surface area contributed by atoms with E-state index in [-0.39, 0.29) is 11.7 Å². The molecule has 0 saturated heterocycles. The number of carbonyl (C=O) groups excluding carboxylic acids is 1. The van der Waals surface area contributed by atoms with E-state index >= 15 is 0 Å². The summed E-state index contributed by atoms with van der Waals surface area (Å²) in [6.07, 6.45) is 2.29. The van der Waals surface area contributed by atoms with Gasteiger partial charge >= 0.3 is 0 Å². The monoisotopic (exact) mass is 305 g/mol. The minimum absolute atomic E-state index is 0.164. The van der Waals surface area contributed by atoms with E-state index in [2.05, 4.69) is 10.4 Å². The van der Waals surface area contributed by atoms with Gasteiger partial charge in [0.1, 0.15) is 5.82 Å². The lowest BCUT2D eigenvalue weighted by Crippen LogP contribution is -2.25. The van der Waals surface area contributed by atoms with Gasteiger partial charge in [-0.15, -0.1) is 0 Å². The molecule has 6 heteroatoms. The number of benzene rings is 1. The molecule has 5 nitrogen and oxygen atoms in total. The van der Waals surface area contributed by atoms with E-state index in [0.29, 0.717) is 36.7 Å². The van der Waals surface area contributed by atoms with Crippen LogP contribution in [0.25, 0.3) is 5.69 Å². The van der Waals surface area contributed by atoms with E-state index < -0.39 is 0 Å². The maximum Gasteiger partial charge on any atom is 0.254 e. The first kappa shape index (κ1) is 16.2. The van der Waals surface area contributed by atoms with E-state index in [4.69, 9.17) is 4.74 Å². The average Bonchev–Trinajstić information content (AvgIpc) is 2.89. The Kier molecular flexibility index (Phi) is 5.66. The molecule has 1 heterocycles. The van der Waals surface area contributed by atoms with Crippen LogP contribution >= 0.6 is 0 Å². The van der Waals surface area contributed by atoms with Crippen LogP contribution in [0.5, 0.6) is 0 Å². The van der Waals surface area contributed by atoms with Gasteiger partial charge in [0, 0.05) is 19.8 Å². The molecular formula is C16H20FN3O2. The first-order valence-corrected chi connectivity index (χ1v) is 7.30. The molecule has 2 aromatic rings. The van der Waals surface area contributed by atoms with E-state index in [1.165, 1.54) is 18.3 Å². The van der Waals surface area contributed by atoms with Gasteiger partial charge < -0.3 is 10.1 Å². The Morgan fingerprint density at radius 2 is 2.09 bits per heavy atom. The number of rotatable bonds is 7. The zero-order chi connectivity index (χ0) is 15.9. The molecule has 0 saturated carbocycles. The highest BCUT2D eigenvalue weighted by molar-refractivity contribution is 5.95. The molecule has 1 N–H and O–H groups in total. The second-order valence-corrected chi connectivity index (χ2v) is 4.84. The third kappa shape index (κ3) is 3.92. The van der Waals surface area contributed by atoms with Crippen molar-refractivity contribution in [2.45, 2.75) is 20.3 Å². The third-order valence-electron chi connectivity index (χ3n) is 3.28. The van der Waals surface area contributed by atoms with E-state index in [0.717, 1.165) is 6.42 Å². The van der Waals surface area contributed by atoms with E-state index in [1.807, 2.05) is 13.8 Å². The fraction of sp³-hybridized carbons (Fsp3) is 0.375. The number of ether oxygens (including phenoxy) is 1. The molecule has 118 valence electrons. The number of carbonyl (C=O) groups is 1. The summed E-state index contributed by atoms with van der Waals surface area (Å²) in [7, 11) is 0. The zero-order valence-electron chi connectivity index (χ0n) is 12.8. The van der Waals surface area contributed by atoms with Crippen molar-refractivity contribution >= 4 is 5.91 Å². The van der Waals surface area contributed by atoms with Crippen LogP contribution < -0.4 is 5.32 Å². The molecule has 0 unspecified atom stereocenters. The van der Waals surface area contributed by atoms with E-state index in [9.17, 15) is 9.18 Å². The number of amides is 1. The predicted molar refractivity (Wildman–Crippen MR) is 81.7 cm³/mol.